The molecule has 2 aromatic rings. The van der Waals surface area contributed by atoms with Crippen molar-refractivity contribution in [1.82, 2.24) is 9.21 Å². The third kappa shape index (κ3) is 4.25. The van der Waals surface area contributed by atoms with Gasteiger partial charge >= 0.3 is 0 Å². The van der Waals surface area contributed by atoms with Crippen molar-refractivity contribution >= 4 is 41.9 Å². The monoisotopic (exact) mass is 529 g/mol. The number of halogens is 3. The van der Waals surface area contributed by atoms with Crippen LogP contribution < -0.4 is 0 Å². The largest absolute Gasteiger partial charge is 0.309 e. The minimum atomic E-state index is -3.94. The van der Waals surface area contributed by atoms with Gasteiger partial charge in [-0.3, -0.25) is 0 Å². The lowest BCUT2D eigenvalue weighted by atomic mass is 10.1. The van der Waals surface area contributed by atoms with E-state index >= 15 is 0 Å². The highest BCUT2D eigenvalue weighted by molar-refractivity contribution is 9.11. The van der Waals surface area contributed by atoms with Gasteiger partial charge in [0.2, 0.25) is 10.0 Å². The molecule has 9 heteroatoms. The van der Waals surface area contributed by atoms with E-state index in [2.05, 4.69) is 38.1 Å². The second-order valence-electron chi connectivity index (χ2n) is 6.66. The lowest BCUT2D eigenvalue weighted by molar-refractivity contribution is 0.310. The molecule has 0 radical (unpaired) electrons. The van der Waals surface area contributed by atoms with E-state index in [1.165, 1.54) is 15.3 Å². The van der Waals surface area contributed by atoms with Gasteiger partial charge in [0, 0.05) is 40.2 Å². The molecule has 28 heavy (non-hydrogen) atoms. The molecule has 1 unspecified atom stereocenters. The number of aryl methyl sites for hydroxylation is 1. The van der Waals surface area contributed by atoms with Gasteiger partial charge in [-0.05, 0) is 53.0 Å². The summed E-state index contributed by atoms with van der Waals surface area (Å²) in [5.41, 5.74) is 0.772. The zero-order valence-electron chi connectivity index (χ0n) is 15.1. The Morgan fingerprint density at radius 1 is 1.32 bits per heavy atom. The minimum absolute atomic E-state index is 0.0985. The molecule has 2 aromatic carbocycles. The SMILES string of the molecule is Cc1cccc(CN(C2CCN(C#N)C2)S(=O)(=O)c2cc(Br)ccc2Br)c1F. The summed E-state index contributed by atoms with van der Waals surface area (Å²) in [6.07, 6.45) is 2.57. The molecular weight excluding hydrogens is 513 g/mol. The number of sulfonamides is 1. The molecular formula is C19H18Br2FN3O2S. The van der Waals surface area contributed by atoms with Crippen molar-refractivity contribution in [3.63, 3.8) is 0 Å². The van der Waals surface area contributed by atoms with Crippen LogP contribution in [0.1, 0.15) is 17.5 Å². The van der Waals surface area contributed by atoms with E-state index in [4.69, 9.17) is 0 Å². The minimum Gasteiger partial charge on any atom is -0.309 e. The van der Waals surface area contributed by atoms with Crippen LogP contribution in [0.3, 0.4) is 0 Å². The zero-order valence-corrected chi connectivity index (χ0v) is 19.1. The van der Waals surface area contributed by atoms with Crippen LogP contribution in [0.25, 0.3) is 0 Å². The van der Waals surface area contributed by atoms with Crippen molar-refractivity contribution in [2.45, 2.75) is 30.8 Å². The quantitative estimate of drug-likeness (QED) is 0.537. The first-order chi connectivity index (χ1) is 13.2. The number of nitriles is 1. The van der Waals surface area contributed by atoms with Gasteiger partial charge in [-0.15, -0.1) is 0 Å². The van der Waals surface area contributed by atoms with Crippen LogP contribution >= 0.6 is 31.9 Å². The number of nitrogens with zero attached hydrogens (tertiary/aromatic N) is 3. The van der Waals surface area contributed by atoms with E-state index < -0.39 is 21.9 Å². The zero-order chi connectivity index (χ0) is 20.5. The molecule has 5 nitrogen and oxygen atoms in total. The summed E-state index contributed by atoms with van der Waals surface area (Å²) in [5, 5.41) is 9.17. The second kappa shape index (κ2) is 8.49. The Hall–Kier alpha value is -1.47. The first-order valence-corrected chi connectivity index (χ1v) is 11.6. The Balaban J connectivity index is 2.07. The summed E-state index contributed by atoms with van der Waals surface area (Å²) < 4.78 is 44.1. The normalized spacial score (nSPS) is 17.1. The molecule has 1 saturated heterocycles. The summed E-state index contributed by atoms with van der Waals surface area (Å²) in [7, 11) is -3.94. The molecule has 3 rings (SSSR count). The van der Waals surface area contributed by atoms with Crippen molar-refractivity contribution in [1.29, 1.82) is 5.26 Å². The highest BCUT2D eigenvalue weighted by Gasteiger charge is 2.37. The lowest BCUT2D eigenvalue weighted by Gasteiger charge is -2.28. The highest BCUT2D eigenvalue weighted by atomic mass is 79.9. The van der Waals surface area contributed by atoms with Crippen molar-refractivity contribution in [3.8, 4) is 6.19 Å². The predicted octanol–water partition coefficient (Wildman–Crippen LogP) is 4.41. The maximum Gasteiger partial charge on any atom is 0.244 e. The Labute approximate surface area is 181 Å². The fourth-order valence-corrected chi connectivity index (χ4v) is 6.37. The summed E-state index contributed by atoms with van der Waals surface area (Å²) >= 11 is 6.63. The van der Waals surface area contributed by atoms with Gasteiger partial charge in [-0.2, -0.15) is 9.57 Å². The lowest BCUT2D eigenvalue weighted by Crippen LogP contribution is -2.41. The van der Waals surface area contributed by atoms with Gasteiger partial charge in [0.25, 0.3) is 0 Å². The maximum atomic E-state index is 14.6. The highest BCUT2D eigenvalue weighted by Crippen LogP contribution is 2.32. The molecule has 0 spiro atoms. The Bertz CT molecular complexity index is 1040. The topological polar surface area (TPSA) is 64.4 Å². The van der Waals surface area contributed by atoms with Gasteiger partial charge in [0.15, 0.2) is 6.19 Å². The van der Waals surface area contributed by atoms with Gasteiger partial charge < -0.3 is 4.90 Å². The van der Waals surface area contributed by atoms with Crippen LogP contribution in [0, 0.1) is 24.2 Å². The van der Waals surface area contributed by atoms with E-state index in [0.717, 1.165) is 0 Å². The van der Waals surface area contributed by atoms with Crippen LogP contribution in [-0.2, 0) is 16.6 Å². The molecule has 0 N–H and O–H groups in total. The summed E-state index contributed by atoms with van der Waals surface area (Å²) in [5.74, 6) is -0.411. The van der Waals surface area contributed by atoms with E-state index in [0.29, 0.717) is 33.0 Å². The molecule has 0 saturated carbocycles. The average molecular weight is 531 g/mol. The Morgan fingerprint density at radius 2 is 2.07 bits per heavy atom. The van der Waals surface area contributed by atoms with Crippen LogP contribution in [0.2, 0.25) is 0 Å². The second-order valence-corrected chi connectivity index (χ2v) is 10.3. The molecule has 0 bridgehead atoms. The fourth-order valence-electron chi connectivity index (χ4n) is 3.28. The number of hydrogen-bond acceptors (Lipinski definition) is 4. The molecule has 1 aliphatic heterocycles. The van der Waals surface area contributed by atoms with E-state index in [1.807, 2.05) is 0 Å². The Kier molecular flexibility index (Phi) is 6.44. The smallest absolute Gasteiger partial charge is 0.244 e. The molecule has 0 amide bonds. The van der Waals surface area contributed by atoms with Gasteiger partial charge in [-0.25, -0.2) is 12.8 Å². The Morgan fingerprint density at radius 3 is 2.75 bits per heavy atom. The molecule has 0 aliphatic carbocycles. The van der Waals surface area contributed by atoms with E-state index in [1.54, 1.807) is 37.3 Å². The van der Waals surface area contributed by atoms with Crippen molar-refractivity contribution < 1.29 is 12.8 Å². The number of rotatable bonds is 5. The molecule has 1 atom stereocenters. The third-order valence-corrected chi connectivity index (χ3v) is 8.18. The first-order valence-electron chi connectivity index (χ1n) is 8.59. The van der Waals surface area contributed by atoms with Crippen molar-refractivity contribution in [2.75, 3.05) is 13.1 Å². The number of likely N-dealkylation sites (tertiary alicyclic amines) is 1. The molecule has 148 valence electrons. The predicted molar refractivity (Wildman–Crippen MR) is 111 cm³/mol. The third-order valence-electron chi connectivity index (χ3n) is 4.79. The van der Waals surface area contributed by atoms with Crippen molar-refractivity contribution in [3.05, 3.63) is 62.3 Å². The van der Waals surface area contributed by atoms with Crippen LogP contribution in [0.5, 0.6) is 0 Å². The first kappa shape index (κ1) is 21.2. The summed E-state index contributed by atoms with van der Waals surface area (Å²) in [4.78, 5) is 1.63. The van der Waals surface area contributed by atoms with Crippen LogP contribution in [-0.4, -0.2) is 36.8 Å². The van der Waals surface area contributed by atoms with E-state index in [-0.39, 0.29) is 18.0 Å². The van der Waals surface area contributed by atoms with Gasteiger partial charge in [-0.1, -0.05) is 34.1 Å². The van der Waals surface area contributed by atoms with E-state index in [9.17, 15) is 18.1 Å². The van der Waals surface area contributed by atoms with Crippen LogP contribution in [0.15, 0.2) is 50.2 Å². The van der Waals surface area contributed by atoms with Gasteiger partial charge in [0.05, 0.1) is 4.90 Å². The number of hydrogen-bond donors (Lipinski definition) is 0. The average Bonchev–Trinajstić information content (AvgIpc) is 3.13. The fraction of sp³-hybridized carbons (Fsp3) is 0.316. The maximum absolute atomic E-state index is 14.6. The standard InChI is InChI=1S/C19H18Br2FN3O2S/c1-13-3-2-4-14(19(13)22)10-25(16-7-8-24(11-16)12-23)28(26,27)18-9-15(20)5-6-17(18)21/h2-6,9,16H,7-8,10-11H2,1H3. The van der Waals surface area contributed by atoms with Crippen LogP contribution in [0.4, 0.5) is 4.39 Å². The number of benzene rings is 2. The van der Waals surface area contributed by atoms with Gasteiger partial charge in [0.1, 0.15) is 5.82 Å². The van der Waals surface area contributed by atoms with Crippen molar-refractivity contribution in [2.24, 2.45) is 0 Å². The molecule has 1 fully saturated rings. The summed E-state index contributed by atoms with van der Waals surface area (Å²) in [6, 6.07) is 9.45. The molecule has 0 aromatic heterocycles. The summed E-state index contributed by atoms with van der Waals surface area (Å²) in [6.45, 7) is 2.31. The molecule has 1 aliphatic rings. The molecule has 1 heterocycles.